The lowest BCUT2D eigenvalue weighted by molar-refractivity contribution is 0.0948. The monoisotopic (exact) mass is 343 g/mol. The van der Waals surface area contributed by atoms with Gasteiger partial charge in [0.25, 0.3) is 5.91 Å². The Morgan fingerprint density at radius 3 is 2.33 bits per heavy atom. The Morgan fingerprint density at radius 1 is 0.958 bits per heavy atom. The van der Waals surface area contributed by atoms with Crippen LogP contribution in [0, 0.1) is 0 Å². The summed E-state index contributed by atoms with van der Waals surface area (Å²) in [5.41, 5.74) is 1.82. The molecule has 0 aliphatic carbocycles. The van der Waals surface area contributed by atoms with Crippen LogP contribution in [0.4, 0.5) is 5.69 Å². The molecule has 2 aromatic carbocycles. The summed E-state index contributed by atoms with van der Waals surface area (Å²) in [6.07, 6.45) is 0. The minimum absolute atomic E-state index is 0.108. The zero-order valence-electron chi connectivity index (χ0n) is 13.6. The third-order valence-corrected chi connectivity index (χ3v) is 4.66. The Kier molecular flexibility index (Phi) is 5.72. The number of para-hydroxylation sites is 1. The third kappa shape index (κ3) is 4.28. The molecule has 1 N–H and O–H groups in total. The molecular weight excluding hydrogens is 322 g/mol. The summed E-state index contributed by atoms with van der Waals surface area (Å²) in [5, 5.41) is 3.44. The number of nitrogens with one attached hydrogen (secondary N) is 1. The molecule has 0 unspecified atom stereocenters. The highest BCUT2D eigenvalue weighted by Crippen LogP contribution is 2.16. The highest BCUT2D eigenvalue weighted by molar-refractivity contribution is 6.33. The van der Waals surface area contributed by atoms with Crippen LogP contribution in [-0.4, -0.2) is 50.1 Å². The fourth-order valence-corrected chi connectivity index (χ4v) is 3.16. The Bertz CT molecular complexity index is 669. The van der Waals surface area contributed by atoms with Gasteiger partial charge in [0, 0.05) is 45.0 Å². The zero-order valence-corrected chi connectivity index (χ0v) is 14.4. The van der Waals surface area contributed by atoms with Crippen molar-refractivity contribution in [2.75, 3.05) is 44.2 Å². The van der Waals surface area contributed by atoms with Crippen molar-refractivity contribution in [1.29, 1.82) is 0 Å². The molecular formula is C19H22ClN3O. The Labute approximate surface area is 148 Å². The highest BCUT2D eigenvalue weighted by Gasteiger charge is 2.17. The van der Waals surface area contributed by atoms with E-state index >= 15 is 0 Å². The second kappa shape index (κ2) is 8.18. The Balaban J connectivity index is 1.41. The van der Waals surface area contributed by atoms with Crippen LogP contribution in [0.2, 0.25) is 5.02 Å². The molecule has 0 bridgehead atoms. The summed E-state index contributed by atoms with van der Waals surface area (Å²) < 4.78 is 0. The predicted octanol–water partition coefficient (Wildman–Crippen LogP) is 2.89. The molecule has 4 nitrogen and oxygen atoms in total. The molecule has 3 rings (SSSR count). The van der Waals surface area contributed by atoms with Gasteiger partial charge < -0.3 is 10.2 Å². The number of hydrogen-bond donors (Lipinski definition) is 1. The summed E-state index contributed by atoms with van der Waals surface area (Å²) in [6, 6.07) is 17.6. The van der Waals surface area contributed by atoms with Gasteiger partial charge in [-0.15, -0.1) is 0 Å². The van der Waals surface area contributed by atoms with Gasteiger partial charge in [0.05, 0.1) is 10.6 Å². The topological polar surface area (TPSA) is 35.6 Å². The second-order valence-corrected chi connectivity index (χ2v) is 6.31. The maximum Gasteiger partial charge on any atom is 0.252 e. The number of amides is 1. The van der Waals surface area contributed by atoms with Crippen molar-refractivity contribution >= 4 is 23.2 Å². The fraction of sp³-hybridized carbons (Fsp3) is 0.316. The van der Waals surface area contributed by atoms with E-state index in [1.807, 2.05) is 18.2 Å². The normalized spacial score (nSPS) is 15.3. The molecule has 1 aliphatic rings. The van der Waals surface area contributed by atoms with E-state index in [1.54, 1.807) is 12.1 Å². The largest absolute Gasteiger partial charge is 0.369 e. The van der Waals surface area contributed by atoms with Gasteiger partial charge in [-0.25, -0.2) is 0 Å². The van der Waals surface area contributed by atoms with Gasteiger partial charge in [0.2, 0.25) is 0 Å². The molecule has 1 aliphatic heterocycles. The molecule has 1 saturated heterocycles. The van der Waals surface area contributed by atoms with Gasteiger partial charge in [-0.05, 0) is 24.3 Å². The number of hydrogen-bond acceptors (Lipinski definition) is 3. The third-order valence-electron chi connectivity index (χ3n) is 4.33. The number of rotatable bonds is 5. The van der Waals surface area contributed by atoms with E-state index in [9.17, 15) is 4.79 Å². The van der Waals surface area contributed by atoms with Crippen LogP contribution in [0.5, 0.6) is 0 Å². The molecule has 1 amide bonds. The lowest BCUT2D eigenvalue weighted by atomic mass is 10.2. The first-order chi connectivity index (χ1) is 11.7. The lowest BCUT2D eigenvalue weighted by Gasteiger charge is -2.36. The molecule has 0 aromatic heterocycles. The smallest absolute Gasteiger partial charge is 0.252 e. The summed E-state index contributed by atoms with van der Waals surface area (Å²) in [6.45, 7) is 5.55. The van der Waals surface area contributed by atoms with E-state index in [0.29, 0.717) is 17.1 Å². The van der Waals surface area contributed by atoms with Gasteiger partial charge in [0.1, 0.15) is 0 Å². The van der Waals surface area contributed by atoms with Gasteiger partial charge >= 0.3 is 0 Å². The average molecular weight is 344 g/mol. The molecule has 0 spiro atoms. The Morgan fingerprint density at radius 2 is 1.62 bits per heavy atom. The van der Waals surface area contributed by atoms with Crippen LogP contribution >= 0.6 is 11.6 Å². The number of benzene rings is 2. The van der Waals surface area contributed by atoms with Crippen LogP contribution in [0.25, 0.3) is 0 Å². The van der Waals surface area contributed by atoms with Gasteiger partial charge in [-0.3, -0.25) is 9.69 Å². The van der Waals surface area contributed by atoms with E-state index in [4.69, 9.17) is 11.6 Å². The molecule has 0 radical (unpaired) electrons. The standard InChI is InChI=1S/C19H22ClN3O/c20-18-9-5-4-8-17(18)19(24)21-10-11-22-12-14-23(15-13-22)16-6-2-1-3-7-16/h1-9H,10-15H2,(H,21,24). The molecule has 1 fully saturated rings. The molecule has 5 heteroatoms. The van der Waals surface area contributed by atoms with Crippen LogP contribution in [-0.2, 0) is 0 Å². The van der Waals surface area contributed by atoms with Gasteiger partial charge in [-0.1, -0.05) is 41.9 Å². The number of halogens is 1. The van der Waals surface area contributed by atoms with E-state index < -0.39 is 0 Å². The summed E-state index contributed by atoms with van der Waals surface area (Å²) in [5.74, 6) is -0.108. The van der Waals surface area contributed by atoms with Gasteiger partial charge in [0.15, 0.2) is 0 Å². The van der Waals surface area contributed by atoms with Crippen molar-refractivity contribution < 1.29 is 4.79 Å². The fourth-order valence-electron chi connectivity index (χ4n) is 2.94. The predicted molar refractivity (Wildman–Crippen MR) is 98.9 cm³/mol. The highest BCUT2D eigenvalue weighted by atomic mass is 35.5. The number of carbonyl (C=O) groups excluding carboxylic acids is 1. The van der Waals surface area contributed by atoms with E-state index in [-0.39, 0.29) is 5.91 Å². The molecule has 0 atom stereocenters. The van der Waals surface area contributed by atoms with Crippen molar-refractivity contribution in [2.24, 2.45) is 0 Å². The summed E-state index contributed by atoms with van der Waals surface area (Å²) in [4.78, 5) is 16.9. The van der Waals surface area contributed by atoms with Crippen molar-refractivity contribution in [2.45, 2.75) is 0 Å². The van der Waals surface area contributed by atoms with Crippen LogP contribution < -0.4 is 10.2 Å². The van der Waals surface area contributed by atoms with Crippen molar-refractivity contribution in [3.8, 4) is 0 Å². The van der Waals surface area contributed by atoms with Crippen molar-refractivity contribution in [3.63, 3.8) is 0 Å². The first-order valence-electron chi connectivity index (χ1n) is 8.29. The summed E-state index contributed by atoms with van der Waals surface area (Å²) in [7, 11) is 0. The number of piperazine rings is 1. The Hall–Kier alpha value is -2.04. The lowest BCUT2D eigenvalue weighted by Crippen LogP contribution is -2.48. The van der Waals surface area contributed by atoms with Crippen molar-refractivity contribution in [1.82, 2.24) is 10.2 Å². The average Bonchev–Trinajstić information content (AvgIpc) is 2.63. The van der Waals surface area contributed by atoms with Crippen LogP contribution in [0.15, 0.2) is 54.6 Å². The number of nitrogens with zero attached hydrogens (tertiary/aromatic N) is 2. The van der Waals surface area contributed by atoms with E-state index in [0.717, 1.165) is 32.7 Å². The first-order valence-corrected chi connectivity index (χ1v) is 8.67. The minimum atomic E-state index is -0.108. The molecule has 24 heavy (non-hydrogen) atoms. The van der Waals surface area contributed by atoms with E-state index in [2.05, 4.69) is 39.4 Å². The zero-order chi connectivity index (χ0) is 16.8. The molecule has 2 aromatic rings. The maximum atomic E-state index is 12.1. The number of anilines is 1. The molecule has 0 saturated carbocycles. The van der Waals surface area contributed by atoms with Crippen LogP contribution in [0.3, 0.4) is 0 Å². The molecule has 1 heterocycles. The first kappa shape index (κ1) is 16.8. The second-order valence-electron chi connectivity index (χ2n) is 5.90. The maximum absolute atomic E-state index is 12.1. The summed E-state index contributed by atoms with van der Waals surface area (Å²) >= 11 is 6.04. The van der Waals surface area contributed by atoms with Gasteiger partial charge in [-0.2, -0.15) is 0 Å². The minimum Gasteiger partial charge on any atom is -0.369 e. The number of carbonyl (C=O) groups is 1. The van der Waals surface area contributed by atoms with Crippen LogP contribution in [0.1, 0.15) is 10.4 Å². The van der Waals surface area contributed by atoms with E-state index in [1.165, 1.54) is 5.69 Å². The van der Waals surface area contributed by atoms with Crippen molar-refractivity contribution in [3.05, 3.63) is 65.2 Å². The molecule has 126 valence electrons. The quantitative estimate of drug-likeness (QED) is 0.906. The SMILES string of the molecule is O=C(NCCN1CCN(c2ccccc2)CC1)c1ccccc1Cl.